The lowest BCUT2D eigenvalue weighted by molar-refractivity contribution is 0.425. The highest BCUT2D eigenvalue weighted by molar-refractivity contribution is 6.33. The molecule has 0 aliphatic rings. The minimum absolute atomic E-state index is 0.258. The van der Waals surface area contributed by atoms with Crippen molar-refractivity contribution in [3.8, 4) is 11.5 Å². The SMILES string of the molecule is Cc1noc(-c2ccc(F)cc2Cl)n1. The Morgan fingerprint density at radius 3 is 2.79 bits per heavy atom. The van der Waals surface area contributed by atoms with E-state index in [0.29, 0.717) is 17.3 Å². The molecule has 0 saturated carbocycles. The van der Waals surface area contributed by atoms with Gasteiger partial charge in [0.2, 0.25) is 0 Å². The number of nitrogens with zero attached hydrogens (tertiary/aromatic N) is 2. The van der Waals surface area contributed by atoms with Gasteiger partial charge < -0.3 is 4.52 Å². The molecule has 5 heteroatoms. The molecule has 0 N–H and O–H groups in total. The van der Waals surface area contributed by atoms with E-state index in [1.165, 1.54) is 18.2 Å². The van der Waals surface area contributed by atoms with Crippen LogP contribution in [0.4, 0.5) is 4.39 Å². The van der Waals surface area contributed by atoms with Gasteiger partial charge in [-0.1, -0.05) is 16.8 Å². The Bertz CT molecular complexity index is 470. The molecule has 0 aliphatic carbocycles. The van der Waals surface area contributed by atoms with Crippen molar-refractivity contribution in [2.45, 2.75) is 6.92 Å². The van der Waals surface area contributed by atoms with E-state index < -0.39 is 5.82 Å². The zero-order valence-electron chi connectivity index (χ0n) is 7.29. The monoisotopic (exact) mass is 212 g/mol. The van der Waals surface area contributed by atoms with Crippen molar-refractivity contribution in [3.05, 3.63) is 34.9 Å². The van der Waals surface area contributed by atoms with Crippen LogP contribution < -0.4 is 0 Å². The van der Waals surface area contributed by atoms with Crippen molar-refractivity contribution < 1.29 is 8.91 Å². The Morgan fingerprint density at radius 1 is 1.43 bits per heavy atom. The van der Waals surface area contributed by atoms with Crippen LogP contribution in [0, 0.1) is 12.7 Å². The van der Waals surface area contributed by atoms with E-state index in [0.717, 1.165) is 0 Å². The van der Waals surface area contributed by atoms with Gasteiger partial charge in [0.15, 0.2) is 5.82 Å². The summed E-state index contributed by atoms with van der Waals surface area (Å²) in [6.45, 7) is 1.70. The summed E-state index contributed by atoms with van der Waals surface area (Å²) in [7, 11) is 0. The van der Waals surface area contributed by atoms with E-state index in [4.69, 9.17) is 16.1 Å². The van der Waals surface area contributed by atoms with Gasteiger partial charge >= 0.3 is 0 Å². The molecule has 0 fully saturated rings. The van der Waals surface area contributed by atoms with Gasteiger partial charge in [-0.05, 0) is 25.1 Å². The highest BCUT2D eigenvalue weighted by atomic mass is 35.5. The molecule has 0 radical (unpaired) electrons. The molecule has 2 rings (SSSR count). The van der Waals surface area contributed by atoms with Crippen molar-refractivity contribution in [1.82, 2.24) is 10.1 Å². The lowest BCUT2D eigenvalue weighted by Gasteiger charge is -1.97. The van der Waals surface area contributed by atoms with Crippen LogP contribution in [0.25, 0.3) is 11.5 Å². The van der Waals surface area contributed by atoms with Crippen LogP contribution in [0.5, 0.6) is 0 Å². The van der Waals surface area contributed by atoms with Crippen LogP contribution in [0.2, 0.25) is 5.02 Å². The second-order valence-electron chi connectivity index (χ2n) is 2.77. The maximum Gasteiger partial charge on any atom is 0.259 e. The standard InChI is InChI=1S/C9H6ClFN2O/c1-5-12-9(14-13-5)7-3-2-6(11)4-8(7)10/h2-4H,1H3. The van der Waals surface area contributed by atoms with Gasteiger partial charge in [-0.3, -0.25) is 0 Å². The molecule has 0 amide bonds. The van der Waals surface area contributed by atoms with Crippen LogP contribution >= 0.6 is 11.6 Å². The van der Waals surface area contributed by atoms with Gasteiger partial charge in [-0.25, -0.2) is 4.39 Å². The van der Waals surface area contributed by atoms with Crippen molar-refractivity contribution in [2.75, 3.05) is 0 Å². The fraction of sp³-hybridized carbons (Fsp3) is 0.111. The van der Waals surface area contributed by atoms with E-state index in [-0.39, 0.29) is 5.02 Å². The Morgan fingerprint density at radius 2 is 2.21 bits per heavy atom. The second kappa shape index (κ2) is 3.38. The number of aromatic nitrogens is 2. The van der Waals surface area contributed by atoms with Gasteiger partial charge in [0.05, 0.1) is 10.6 Å². The minimum atomic E-state index is -0.394. The third-order valence-electron chi connectivity index (χ3n) is 1.69. The molecule has 0 aliphatic heterocycles. The summed E-state index contributed by atoms with van der Waals surface area (Å²) in [6, 6.07) is 4.00. The molecule has 0 spiro atoms. The average Bonchev–Trinajstić information content (AvgIpc) is 2.51. The van der Waals surface area contributed by atoms with Crippen molar-refractivity contribution in [1.29, 1.82) is 0 Å². The Kier molecular flexibility index (Phi) is 2.21. The first-order chi connectivity index (χ1) is 6.66. The average molecular weight is 213 g/mol. The summed E-state index contributed by atoms with van der Waals surface area (Å²) in [6.07, 6.45) is 0. The van der Waals surface area contributed by atoms with Gasteiger partial charge in [0, 0.05) is 0 Å². The van der Waals surface area contributed by atoms with Gasteiger partial charge in [0.25, 0.3) is 5.89 Å². The fourth-order valence-electron chi connectivity index (χ4n) is 1.07. The first-order valence-corrected chi connectivity index (χ1v) is 4.30. The summed E-state index contributed by atoms with van der Waals surface area (Å²) < 4.78 is 17.6. The number of hydrogen-bond acceptors (Lipinski definition) is 3. The molecule has 1 heterocycles. The Balaban J connectivity index is 2.52. The lowest BCUT2D eigenvalue weighted by Crippen LogP contribution is -1.81. The Hall–Kier alpha value is -1.42. The molecule has 1 aromatic heterocycles. The van der Waals surface area contributed by atoms with E-state index in [9.17, 15) is 4.39 Å². The third kappa shape index (κ3) is 1.61. The van der Waals surface area contributed by atoms with E-state index in [1.807, 2.05) is 0 Å². The maximum absolute atomic E-state index is 12.7. The van der Waals surface area contributed by atoms with Crippen LogP contribution in [0.1, 0.15) is 5.82 Å². The highest BCUT2D eigenvalue weighted by Gasteiger charge is 2.10. The Labute approximate surface area is 84.5 Å². The summed E-state index contributed by atoms with van der Waals surface area (Å²) in [4.78, 5) is 3.99. The van der Waals surface area contributed by atoms with Crippen molar-refractivity contribution in [3.63, 3.8) is 0 Å². The smallest absolute Gasteiger partial charge is 0.259 e. The van der Waals surface area contributed by atoms with Crippen molar-refractivity contribution >= 4 is 11.6 Å². The zero-order chi connectivity index (χ0) is 10.1. The zero-order valence-corrected chi connectivity index (χ0v) is 8.05. The van der Waals surface area contributed by atoms with E-state index in [1.54, 1.807) is 6.92 Å². The third-order valence-corrected chi connectivity index (χ3v) is 2.00. The van der Waals surface area contributed by atoms with E-state index in [2.05, 4.69) is 10.1 Å². The molecule has 2 aromatic rings. The van der Waals surface area contributed by atoms with Crippen LogP contribution in [-0.4, -0.2) is 10.1 Å². The molecular weight excluding hydrogens is 207 g/mol. The molecule has 0 unspecified atom stereocenters. The normalized spacial score (nSPS) is 10.5. The molecule has 0 atom stereocenters. The number of halogens is 2. The fourth-order valence-corrected chi connectivity index (χ4v) is 1.32. The van der Waals surface area contributed by atoms with E-state index >= 15 is 0 Å². The summed E-state index contributed by atoms with van der Waals surface area (Å²) in [5.74, 6) is 0.419. The van der Waals surface area contributed by atoms with Crippen LogP contribution in [0.3, 0.4) is 0 Å². The number of rotatable bonds is 1. The number of hydrogen-bond donors (Lipinski definition) is 0. The van der Waals surface area contributed by atoms with Gasteiger partial charge in [0.1, 0.15) is 5.82 Å². The summed E-state index contributed by atoms with van der Waals surface area (Å²) >= 11 is 5.81. The minimum Gasteiger partial charge on any atom is -0.334 e. The summed E-state index contributed by atoms with van der Waals surface area (Å²) in [5.41, 5.74) is 0.536. The molecule has 0 saturated heterocycles. The number of benzene rings is 1. The molecular formula is C9H6ClFN2O. The summed E-state index contributed by atoms with van der Waals surface area (Å²) in [5, 5.41) is 3.88. The predicted octanol–water partition coefficient (Wildman–Crippen LogP) is 2.84. The highest BCUT2D eigenvalue weighted by Crippen LogP contribution is 2.26. The van der Waals surface area contributed by atoms with Gasteiger partial charge in [-0.2, -0.15) is 4.98 Å². The molecule has 0 bridgehead atoms. The molecule has 3 nitrogen and oxygen atoms in total. The van der Waals surface area contributed by atoms with Crippen LogP contribution in [0.15, 0.2) is 22.7 Å². The molecule has 14 heavy (non-hydrogen) atoms. The second-order valence-corrected chi connectivity index (χ2v) is 3.18. The predicted molar refractivity (Wildman–Crippen MR) is 49.4 cm³/mol. The van der Waals surface area contributed by atoms with Gasteiger partial charge in [-0.15, -0.1) is 0 Å². The van der Waals surface area contributed by atoms with Crippen LogP contribution in [-0.2, 0) is 0 Å². The molecule has 72 valence electrons. The number of aryl methyl sites for hydroxylation is 1. The first-order valence-electron chi connectivity index (χ1n) is 3.92. The first kappa shape index (κ1) is 9.15. The molecule has 1 aromatic carbocycles. The largest absolute Gasteiger partial charge is 0.334 e. The quantitative estimate of drug-likeness (QED) is 0.730. The topological polar surface area (TPSA) is 38.9 Å². The lowest BCUT2D eigenvalue weighted by atomic mass is 10.2. The maximum atomic E-state index is 12.7. The van der Waals surface area contributed by atoms with Crippen molar-refractivity contribution in [2.24, 2.45) is 0 Å².